The van der Waals surface area contributed by atoms with Crippen LogP contribution in [0.5, 0.6) is 0 Å². The largest absolute Gasteiger partial charge is 0.378 e. The van der Waals surface area contributed by atoms with Crippen molar-refractivity contribution in [1.29, 1.82) is 0 Å². The first-order valence-electron chi connectivity index (χ1n) is 5.83. The lowest BCUT2D eigenvalue weighted by Crippen LogP contribution is -2.40. The molecule has 2 rings (SSSR count). The molecule has 2 atom stereocenters. The van der Waals surface area contributed by atoms with E-state index in [-0.39, 0.29) is 5.41 Å². The average molecular weight is 240 g/mol. The van der Waals surface area contributed by atoms with Crippen LogP contribution in [-0.4, -0.2) is 31.3 Å². The van der Waals surface area contributed by atoms with Gasteiger partial charge in [-0.25, -0.2) is 4.98 Å². The second-order valence-electron chi connectivity index (χ2n) is 4.69. The van der Waals surface area contributed by atoms with E-state index in [1.54, 1.807) is 11.3 Å². The first kappa shape index (κ1) is 12.0. The topological polar surface area (TPSA) is 34.2 Å². The van der Waals surface area contributed by atoms with E-state index in [0.717, 1.165) is 31.0 Å². The third-order valence-corrected chi connectivity index (χ3v) is 4.38. The highest BCUT2D eigenvalue weighted by molar-refractivity contribution is 7.09. The van der Waals surface area contributed by atoms with Gasteiger partial charge in [0.1, 0.15) is 0 Å². The van der Waals surface area contributed by atoms with Gasteiger partial charge in [0.15, 0.2) is 0 Å². The standard InChI is InChI=1S/C12H20N2OS/c1-9-12(8-13-3,4-5-15-9)6-11-7-16-10(2)14-11/h7,9,13H,4-6,8H2,1-3H3. The molecule has 2 unspecified atom stereocenters. The van der Waals surface area contributed by atoms with Crippen LogP contribution in [0.15, 0.2) is 5.38 Å². The number of nitrogens with zero attached hydrogens (tertiary/aromatic N) is 1. The summed E-state index contributed by atoms with van der Waals surface area (Å²) in [5.74, 6) is 0. The molecule has 4 heteroatoms. The number of aryl methyl sites for hydroxylation is 1. The lowest BCUT2D eigenvalue weighted by atomic mass is 9.77. The molecule has 1 N–H and O–H groups in total. The zero-order valence-corrected chi connectivity index (χ0v) is 11.1. The summed E-state index contributed by atoms with van der Waals surface area (Å²) in [5, 5.41) is 6.64. The van der Waals surface area contributed by atoms with Crippen LogP contribution in [0.1, 0.15) is 24.0 Å². The average Bonchev–Trinajstić information content (AvgIpc) is 2.77. The number of rotatable bonds is 4. The third-order valence-electron chi connectivity index (χ3n) is 3.56. The maximum Gasteiger partial charge on any atom is 0.0897 e. The Morgan fingerprint density at radius 3 is 3.00 bits per heavy atom. The molecule has 0 aromatic carbocycles. The van der Waals surface area contributed by atoms with Crippen molar-refractivity contribution in [3.05, 3.63) is 16.1 Å². The molecule has 2 heterocycles. The third kappa shape index (κ3) is 2.29. The molecule has 1 aromatic rings. The summed E-state index contributed by atoms with van der Waals surface area (Å²) in [6.45, 7) is 6.13. The van der Waals surface area contributed by atoms with Gasteiger partial charge in [-0.15, -0.1) is 11.3 Å². The lowest BCUT2D eigenvalue weighted by molar-refractivity contribution is 0.0636. The van der Waals surface area contributed by atoms with Crippen molar-refractivity contribution >= 4 is 11.3 Å². The highest BCUT2D eigenvalue weighted by Crippen LogP contribution is 2.37. The molecule has 0 spiro atoms. The van der Waals surface area contributed by atoms with Gasteiger partial charge in [0, 0.05) is 23.9 Å². The number of hydrogen-bond donors (Lipinski definition) is 1. The van der Waals surface area contributed by atoms with Gasteiger partial charge in [0.25, 0.3) is 0 Å². The Hall–Kier alpha value is -0.450. The molecule has 0 amide bonds. The SMILES string of the molecule is CNCC1(Cc2csc(C)n2)CCOC1C. The van der Waals surface area contributed by atoms with E-state index in [0.29, 0.717) is 6.10 Å². The minimum absolute atomic E-state index is 0.231. The number of thiazole rings is 1. The first-order valence-corrected chi connectivity index (χ1v) is 6.71. The van der Waals surface area contributed by atoms with Gasteiger partial charge < -0.3 is 10.1 Å². The van der Waals surface area contributed by atoms with Crippen molar-refractivity contribution in [2.45, 2.75) is 32.8 Å². The number of hydrogen-bond acceptors (Lipinski definition) is 4. The van der Waals surface area contributed by atoms with Crippen molar-refractivity contribution in [2.75, 3.05) is 20.2 Å². The molecule has 1 fully saturated rings. The molecule has 90 valence electrons. The second kappa shape index (κ2) is 4.82. The maximum atomic E-state index is 5.74. The molecule has 0 aliphatic carbocycles. The van der Waals surface area contributed by atoms with Crippen molar-refractivity contribution in [3.8, 4) is 0 Å². The minimum atomic E-state index is 0.231. The summed E-state index contributed by atoms with van der Waals surface area (Å²) in [7, 11) is 2.01. The van der Waals surface area contributed by atoms with Gasteiger partial charge in [-0.3, -0.25) is 0 Å². The Morgan fingerprint density at radius 1 is 1.69 bits per heavy atom. The predicted octanol–water partition coefficient (Wildman–Crippen LogP) is 2.01. The molecule has 16 heavy (non-hydrogen) atoms. The van der Waals surface area contributed by atoms with Crippen LogP contribution in [0.3, 0.4) is 0 Å². The van der Waals surface area contributed by atoms with Crippen LogP contribution in [0.25, 0.3) is 0 Å². The molecule has 1 aromatic heterocycles. The van der Waals surface area contributed by atoms with Crippen molar-refractivity contribution in [3.63, 3.8) is 0 Å². The Balaban J connectivity index is 2.14. The van der Waals surface area contributed by atoms with Crippen LogP contribution in [-0.2, 0) is 11.2 Å². The monoisotopic (exact) mass is 240 g/mol. The zero-order valence-electron chi connectivity index (χ0n) is 10.2. The summed E-state index contributed by atoms with van der Waals surface area (Å²) < 4.78 is 5.74. The zero-order chi connectivity index (χ0) is 11.6. The summed E-state index contributed by atoms with van der Waals surface area (Å²) >= 11 is 1.73. The Bertz CT molecular complexity index is 353. The fourth-order valence-electron chi connectivity index (χ4n) is 2.55. The van der Waals surface area contributed by atoms with Gasteiger partial charge in [-0.1, -0.05) is 0 Å². The highest BCUT2D eigenvalue weighted by atomic mass is 32.1. The Kier molecular flexibility index (Phi) is 3.62. The number of nitrogens with one attached hydrogen (secondary N) is 1. The molecule has 1 aliphatic rings. The molecule has 0 radical (unpaired) electrons. The molecule has 0 saturated carbocycles. The van der Waals surface area contributed by atoms with E-state index in [1.807, 2.05) is 7.05 Å². The molecule has 3 nitrogen and oxygen atoms in total. The van der Waals surface area contributed by atoms with Crippen LogP contribution < -0.4 is 5.32 Å². The Labute approximate surface area is 101 Å². The highest BCUT2D eigenvalue weighted by Gasteiger charge is 2.41. The summed E-state index contributed by atoms with van der Waals surface area (Å²) in [6.07, 6.45) is 2.48. The van der Waals surface area contributed by atoms with E-state index in [2.05, 4.69) is 29.5 Å². The Morgan fingerprint density at radius 2 is 2.50 bits per heavy atom. The van der Waals surface area contributed by atoms with E-state index in [1.165, 1.54) is 5.69 Å². The summed E-state index contributed by atoms with van der Waals surface area (Å²) in [5.41, 5.74) is 1.45. The minimum Gasteiger partial charge on any atom is -0.378 e. The van der Waals surface area contributed by atoms with E-state index in [9.17, 15) is 0 Å². The normalized spacial score (nSPS) is 29.8. The van der Waals surface area contributed by atoms with Crippen LogP contribution in [0.2, 0.25) is 0 Å². The van der Waals surface area contributed by atoms with E-state index < -0.39 is 0 Å². The molecule has 1 aliphatic heterocycles. The summed E-state index contributed by atoms with van der Waals surface area (Å²) in [6, 6.07) is 0. The quantitative estimate of drug-likeness (QED) is 0.874. The van der Waals surface area contributed by atoms with Crippen LogP contribution in [0, 0.1) is 12.3 Å². The number of aromatic nitrogens is 1. The second-order valence-corrected chi connectivity index (χ2v) is 5.75. The van der Waals surface area contributed by atoms with Crippen molar-refractivity contribution in [2.24, 2.45) is 5.41 Å². The molecule has 1 saturated heterocycles. The van der Waals surface area contributed by atoms with Gasteiger partial charge in [0.2, 0.25) is 0 Å². The summed E-state index contributed by atoms with van der Waals surface area (Å²) in [4.78, 5) is 4.57. The van der Waals surface area contributed by atoms with Crippen molar-refractivity contribution < 1.29 is 4.74 Å². The fraction of sp³-hybridized carbons (Fsp3) is 0.750. The van der Waals surface area contributed by atoms with Crippen LogP contribution >= 0.6 is 11.3 Å². The van der Waals surface area contributed by atoms with Gasteiger partial charge in [-0.2, -0.15) is 0 Å². The predicted molar refractivity (Wildman–Crippen MR) is 66.9 cm³/mol. The molecular weight excluding hydrogens is 220 g/mol. The fourth-order valence-corrected chi connectivity index (χ4v) is 3.16. The van der Waals surface area contributed by atoms with Crippen LogP contribution in [0.4, 0.5) is 0 Å². The maximum absolute atomic E-state index is 5.74. The number of ether oxygens (including phenoxy) is 1. The molecule has 0 bridgehead atoms. The van der Waals surface area contributed by atoms with Gasteiger partial charge >= 0.3 is 0 Å². The van der Waals surface area contributed by atoms with E-state index >= 15 is 0 Å². The lowest BCUT2D eigenvalue weighted by Gasteiger charge is -2.31. The molecular formula is C12H20N2OS. The van der Waals surface area contributed by atoms with Gasteiger partial charge in [-0.05, 0) is 33.7 Å². The van der Waals surface area contributed by atoms with Gasteiger partial charge in [0.05, 0.1) is 16.8 Å². The van der Waals surface area contributed by atoms with E-state index in [4.69, 9.17) is 4.74 Å². The van der Waals surface area contributed by atoms with Crippen molar-refractivity contribution in [1.82, 2.24) is 10.3 Å². The smallest absolute Gasteiger partial charge is 0.0897 e. The first-order chi connectivity index (χ1) is 7.66.